The van der Waals surface area contributed by atoms with Gasteiger partial charge in [-0.15, -0.1) is 0 Å². The zero-order valence-electron chi connectivity index (χ0n) is 14.8. The number of anilines is 1. The lowest BCUT2D eigenvalue weighted by molar-refractivity contribution is -0.118. The van der Waals surface area contributed by atoms with Gasteiger partial charge in [0.2, 0.25) is 5.91 Å². The lowest BCUT2D eigenvalue weighted by Crippen LogP contribution is -2.32. The highest BCUT2D eigenvalue weighted by Gasteiger charge is 2.40. The topological polar surface area (TPSA) is 32.3 Å². The van der Waals surface area contributed by atoms with Gasteiger partial charge in [-0.1, -0.05) is 78.4 Å². The summed E-state index contributed by atoms with van der Waals surface area (Å²) in [6.07, 6.45) is 0.533. The molecule has 3 nitrogen and oxygen atoms in total. The van der Waals surface area contributed by atoms with E-state index in [1.165, 1.54) is 5.56 Å². The Labute approximate surface area is 154 Å². The quantitative estimate of drug-likeness (QED) is 0.769. The Morgan fingerprint density at radius 3 is 2.12 bits per heavy atom. The van der Waals surface area contributed by atoms with Crippen LogP contribution in [0, 0.1) is 6.92 Å². The molecule has 4 rings (SSSR count). The largest absolute Gasteiger partial charge is 0.291 e. The van der Waals surface area contributed by atoms with Crippen LogP contribution >= 0.6 is 0 Å². The molecular weight excluding hydrogens is 320 g/mol. The van der Waals surface area contributed by atoms with Crippen molar-refractivity contribution in [1.29, 1.82) is 0 Å². The van der Waals surface area contributed by atoms with Crippen LogP contribution in [0.25, 0.3) is 0 Å². The molecule has 0 aliphatic carbocycles. The first-order valence-electron chi connectivity index (χ1n) is 8.97. The van der Waals surface area contributed by atoms with Crippen molar-refractivity contribution in [3.8, 4) is 0 Å². The van der Waals surface area contributed by atoms with Crippen LogP contribution in [0.1, 0.15) is 22.9 Å². The summed E-state index contributed by atoms with van der Waals surface area (Å²) in [5.41, 5.74) is 4.37. The molecule has 3 heteroatoms. The maximum Gasteiger partial charge on any atom is 0.246 e. The molecule has 0 saturated carbocycles. The van der Waals surface area contributed by atoms with E-state index in [9.17, 15) is 4.79 Å². The van der Waals surface area contributed by atoms with Gasteiger partial charge in [-0.2, -0.15) is 0 Å². The molecule has 1 N–H and O–H groups in total. The molecule has 3 aromatic carbocycles. The van der Waals surface area contributed by atoms with Gasteiger partial charge in [-0.3, -0.25) is 15.0 Å². The van der Waals surface area contributed by atoms with Gasteiger partial charge in [-0.05, 0) is 36.6 Å². The fourth-order valence-electron chi connectivity index (χ4n) is 3.49. The Kier molecular flexibility index (Phi) is 4.55. The average molecular weight is 342 g/mol. The van der Waals surface area contributed by atoms with Gasteiger partial charge in [0.05, 0.1) is 6.04 Å². The molecule has 0 spiro atoms. The maximum atomic E-state index is 13.2. The van der Waals surface area contributed by atoms with Crippen molar-refractivity contribution >= 4 is 11.6 Å². The van der Waals surface area contributed by atoms with Crippen molar-refractivity contribution in [2.45, 2.75) is 25.6 Å². The summed E-state index contributed by atoms with van der Waals surface area (Å²) < 4.78 is 0. The third-order valence-electron chi connectivity index (χ3n) is 4.86. The summed E-state index contributed by atoms with van der Waals surface area (Å²) in [7, 11) is 0. The molecule has 1 aliphatic rings. The number of hydrogen-bond donors (Lipinski definition) is 1. The lowest BCUT2D eigenvalue weighted by Gasteiger charge is -2.24. The first-order valence-corrected chi connectivity index (χ1v) is 8.97. The minimum absolute atomic E-state index is 0.117. The number of amides is 1. The van der Waals surface area contributed by atoms with E-state index in [2.05, 4.69) is 48.6 Å². The summed E-state index contributed by atoms with van der Waals surface area (Å²) >= 11 is 0. The number of benzene rings is 3. The molecular formula is C23H22N2O. The van der Waals surface area contributed by atoms with E-state index in [-0.39, 0.29) is 18.1 Å². The molecule has 2 atom stereocenters. The van der Waals surface area contributed by atoms with Crippen LogP contribution in [0.15, 0.2) is 84.9 Å². The Morgan fingerprint density at radius 2 is 1.46 bits per heavy atom. The summed E-state index contributed by atoms with van der Waals surface area (Å²) in [5, 5.41) is 3.55. The second-order valence-corrected chi connectivity index (χ2v) is 6.77. The fraction of sp³-hybridized carbons (Fsp3) is 0.174. The zero-order chi connectivity index (χ0) is 17.9. The second-order valence-electron chi connectivity index (χ2n) is 6.77. The Balaban J connectivity index is 1.68. The minimum Gasteiger partial charge on any atom is -0.291 e. The third-order valence-corrected chi connectivity index (χ3v) is 4.86. The SMILES string of the molecule is Cc1ccc(N2C(=O)[C@H](Cc3ccccc3)N[C@H]2c2ccccc2)cc1. The van der Waals surface area contributed by atoms with Crippen molar-refractivity contribution in [3.63, 3.8) is 0 Å². The summed E-state index contributed by atoms with van der Waals surface area (Å²) in [4.78, 5) is 15.1. The highest BCUT2D eigenvalue weighted by atomic mass is 16.2. The van der Waals surface area contributed by atoms with E-state index in [1.807, 2.05) is 53.4 Å². The van der Waals surface area contributed by atoms with Crippen molar-refractivity contribution in [2.75, 3.05) is 4.90 Å². The Bertz CT molecular complexity index is 875. The third kappa shape index (κ3) is 3.26. The number of nitrogens with one attached hydrogen (secondary N) is 1. The number of hydrogen-bond acceptors (Lipinski definition) is 2. The van der Waals surface area contributed by atoms with E-state index >= 15 is 0 Å². The second kappa shape index (κ2) is 7.14. The van der Waals surface area contributed by atoms with Gasteiger partial charge in [-0.25, -0.2) is 0 Å². The predicted molar refractivity (Wildman–Crippen MR) is 105 cm³/mol. The fourth-order valence-corrected chi connectivity index (χ4v) is 3.49. The molecule has 0 unspecified atom stereocenters. The van der Waals surface area contributed by atoms with Crippen LogP contribution < -0.4 is 10.2 Å². The number of carbonyl (C=O) groups is 1. The average Bonchev–Trinajstić information content (AvgIpc) is 3.00. The molecule has 1 aliphatic heterocycles. The molecule has 0 radical (unpaired) electrons. The number of aryl methyl sites for hydroxylation is 1. The summed E-state index contributed by atoms with van der Waals surface area (Å²) in [6, 6.07) is 28.2. The maximum absolute atomic E-state index is 13.2. The molecule has 1 saturated heterocycles. The van der Waals surface area contributed by atoms with E-state index in [4.69, 9.17) is 0 Å². The smallest absolute Gasteiger partial charge is 0.246 e. The van der Waals surface area contributed by atoms with Gasteiger partial charge < -0.3 is 0 Å². The van der Waals surface area contributed by atoms with Crippen LogP contribution in [-0.2, 0) is 11.2 Å². The molecule has 0 aromatic heterocycles. The highest BCUT2D eigenvalue weighted by Crippen LogP contribution is 2.32. The first kappa shape index (κ1) is 16.6. The Hall–Kier alpha value is -2.91. The van der Waals surface area contributed by atoms with Crippen molar-refractivity contribution in [2.24, 2.45) is 0 Å². The zero-order valence-corrected chi connectivity index (χ0v) is 14.8. The van der Waals surface area contributed by atoms with Gasteiger partial charge in [0.25, 0.3) is 0 Å². The Morgan fingerprint density at radius 1 is 0.846 bits per heavy atom. The number of rotatable bonds is 4. The first-order chi connectivity index (χ1) is 12.7. The van der Waals surface area contributed by atoms with Gasteiger partial charge >= 0.3 is 0 Å². The lowest BCUT2D eigenvalue weighted by atomic mass is 10.1. The van der Waals surface area contributed by atoms with Crippen LogP contribution in [0.2, 0.25) is 0 Å². The van der Waals surface area contributed by atoms with Crippen molar-refractivity contribution in [3.05, 3.63) is 102 Å². The molecule has 1 heterocycles. The standard InChI is InChI=1S/C23H22N2O/c1-17-12-14-20(15-13-17)25-22(19-10-6-3-7-11-19)24-21(23(25)26)16-18-8-4-2-5-9-18/h2-15,21-22,24H,16H2,1H3/t21-,22+/m0/s1. The van der Waals surface area contributed by atoms with Crippen molar-refractivity contribution in [1.82, 2.24) is 5.32 Å². The number of carbonyl (C=O) groups excluding carboxylic acids is 1. The predicted octanol–water partition coefficient (Wildman–Crippen LogP) is 4.24. The summed E-state index contributed by atoms with van der Waals surface area (Å²) in [6.45, 7) is 2.06. The monoisotopic (exact) mass is 342 g/mol. The number of nitrogens with zero attached hydrogens (tertiary/aromatic N) is 1. The van der Waals surface area contributed by atoms with E-state index in [0.717, 1.165) is 16.8 Å². The van der Waals surface area contributed by atoms with Gasteiger partial charge in [0.1, 0.15) is 6.17 Å². The van der Waals surface area contributed by atoms with Crippen LogP contribution in [-0.4, -0.2) is 11.9 Å². The molecule has 1 amide bonds. The van der Waals surface area contributed by atoms with Gasteiger partial charge in [0.15, 0.2) is 0 Å². The van der Waals surface area contributed by atoms with E-state index in [1.54, 1.807) is 0 Å². The van der Waals surface area contributed by atoms with E-state index < -0.39 is 0 Å². The van der Waals surface area contributed by atoms with Crippen LogP contribution in [0.4, 0.5) is 5.69 Å². The molecule has 3 aromatic rings. The molecule has 1 fully saturated rings. The summed E-state index contributed by atoms with van der Waals surface area (Å²) in [5.74, 6) is 0.117. The van der Waals surface area contributed by atoms with Crippen molar-refractivity contribution < 1.29 is 4.79 Å². The van der Waals surface area contributed by atoms with Crippen LogP contribution in [0.3, 0.4) is 0 Å². The van der Waals surface area contributed by atoms with Gasteiger partial charge in [0, 0.05) is 5.69 Å². The van der Waals surface area contributed by atoms with Crippen LogP contribution in [0.5, 0.6) is 0 Å². The normalized spacial score (nSPS) is 19.7. The molecule has 26 heavy (non-hydrogen) atoms. The van der Waals surface area contributed by atoms with E-state index in [0.29, 0.717) is 6.42 Å². The molecule has 0 bridgehead atoms. The highest BCUT2D eigenvalue weighted by molar-refractivity contribution is 6.00. The minimum atomic E-state index is -0.232. The molecule has 130 valence electrons.